The van der Waals surface area contributed by atoms with E-state index in [-0.39, 0.29) is 12.2 Å². The Morgan fingerprint density at radius 2 is 1.77 bits per heavy atom. The van der Waals surface area contributed by atoms with Crippen LogP contribution in [0.25, 0.3) is 0 Å². The lowest BCUT2D eigenvalue weighted by atomic mass is 10.0. The van der Waals surface area contributed by atoms with Gasteiger partial charge in [-0.3, -0.25) is 0 Å². The molecule has 1 aliphatic heterocycles. The molecular formula is C19H30FNO. The van der Waals surface area contributed by atoms with Gasteiger partial charge in [0.15, 0.2) is 6.30 Å². The van der Waals surface area contributed by atoms with Crippen LogP contribution in [0.3, 0.4) is 0 Å². The lowest BCUT2D eigenvalue weighted by Crippen LogP contribution is -2.51. The summed E-state index contributed by atoms with van der Waals surface area (Å²) in [5.74, 6) is 0. The van der Waals surface area contributed by atoms with Crippen LogP contribution in [0.2, 0.25) is 0 Å². The minimum absolute atomic E-state index is 0.0697. The van der Waals surface area contributed by atoms with E-state index in [1.54, 1.807) is 6.92 Å². The van der Waals surface area contributed by atoms with Crippen molar-refractivity contribution in [2.45, 2.75) is 77.8 Å². The van der Waals surface area contributed by atoms with Gasteiger partial charge in [0.1, 0.15) is 6.10 Å². The van der Waals surface area contributed by atoms with E-state index < -0.39 is 6.30 Å². The van der Waals surface area contributed by atoms with Crippen LogP contribution in [-0.2, 0) is 11.2 Å². The standard InChI is InChI=1S/C19H30FNO/c1-4-5-6-7-8-9-17-10-12-18(13-11-17)21-14-15(2)22-16(3)19(21)20/h10-13,15-16,19H,4-9,14H2,1-3H3/t15-,16+,19?/m0/s1. The molecule has 124 valence electrons. The van der Waals surface area contributed by atoms with Crippen LogP contribution < -0.4 is 4.90 Å². The molecule has 0 aromatic heterocycles. The van der Waals surface area contributed by atoms with Crippen molar-refractivity contribution < 1.29 is 9.13 Å². The number of nitrogens with zero attached hydrogens (tertiary/aromatic N) is 1. The number of benzene rings is 1. The Morgan fingerprint density at radius 3 is 2.45 bits per heavy atom. The molecule has 0 bridgehead atoms. The number of hydrogen-bond donors (Lipinski definition) is 0. The van der Waals surface area contributed by atoms with Crippen molar-refractivity contribution in [3.8, 4) is 0 Å². The number of alkyl halides is 1. The molecule has 1 fully saturated rings. The highest BCUT2D eigenvalue weighted by molar-refractivity contribution is 5.49. The van der Waals surface area contributed by atoms with Crippen molar-refractivity contribution in [3.63, 3.8) is 0 Å². The summed E-state index contributed by atoms with van der Waals surface area (Å²) in [6, 6.07) is 8.40. The fraction of sp³-hybridized carbons (Fsp3) is 0.684. The van der Waals surface area contributed by atoms with E-state index in [4.69, 9.17) is 4.74 Å². The lowest BCUT2D eigenvalue weighted by Gasteiger charge is -2.39. The Balaban J connectivity index is 1.88. The Labute approximate surface area is 134 Å². The summed E-state index contributed by atoms with van der Waals surface area (Å²) < 4.78 is 19.9. The maximum absolute atomic E-state index is 14.3. The molecule has 1 aromatic carbocycles. The van der Waals surface area contributed by atoms with Gasteiger partial charge in [-0.25, -0.2) is 4.39 Å². The molecule has 0 spiro atoms. The monoisotopic (exact) mass is 307 g/mol. The van der Waals surface area contributed by atoms with E-state index in [2.05, 4.69) is 31.2 Å². The third kappa shape index (κ3) is 4.70. The van der Waals surface area contributed by atoms with Gasteiger partial charge in [-0.15, -0.1) is 0 Å². The van der Waals surface area contributed by atoms with Crippen molar-refractivity contribution >= 4 is 5.69 Å². The summed E-state index contributed by atoms with van der Waals surface area (Å²) in [5, 5.41) is 0. The molecule has 2 rings (SSSR count). The molecule has 3 heteroatoms. The van der Waals surface area contributed by atoms with Crippen LogP contribution in [-0.4, -0.2) is 25.0 Å². The molecule has 0 saturated carbocycles. The number of hydrogen-bond acceptors (Lipinski definition) is 2. The SMILES string of the molecule is CCCCCCCc1ccc(N2C[C@H](C)O[C@H](C)C2F)cc1. The van der Waals surface area contributed by atoms with Crippen LogP contribution in [0, 0.1) is 0 Å². The molecule has 0 N–H and O–H groups in total. The summed E-state index contributed by atoms with van der Waals surface area (Å²) in [7, 11) is 0. The van der Waals surface area contributed by atoms with Gasteiger partial charge in [0.05, 0.1) is 6.10 Å². The zero-order chi connectivity index (χ0) is 15.9. The molecule has 0 amide bonds. The van der Waals surface area contributed by atoms with Crippen molar-refractivity contribution in [1.29, 1.82) is 0 Å². The maximum atomic E-state index is 14.3. The van der Waals surface area contributed by atoms with Crippen molar-refractivity contribution in [2.24, 2.45) is 0 Å². The molecule has 1 saturated heterocycles. The molecule has 2 nitrogen and oxygen atoms in total. The zero-order valence-corrected chi connectivity index (χ0v) is 14.2. The van der Waals surface area contributed by atoms with E-state index in [0.29, 0.717) is 6.54 Å². The first kappa shape index (κ1) is 17.3. The second-order valence-corrected chi connectivity index (χ2v) is 6.51. The van der Waals surface area contributed by atoms with Crippen LogP contribution in [0.5, 0.6) is 0 Å². The van der Waals surface area contributed by atoms with Gasteiger partial charge in [-0.05, 0) is 44.4 Å². The van der Waals surface area contributed by atoms with Gasteiger partial charge in [-0.2, -0.15) is 0 Å². The van der Waals surface area contributed by atoms with Crippen LogP contribution in [0.15, 0.2) is 24.3 Å². The highest BCUT2D eigenvalue weighted by Crippen LogP contribution is 2.26. The minimum atomic E-state index is -1.06. The number of aryl methyl sites for hydroxylation is 1. The van der Waals surface area contributed by atoms with Gasteiger partial charge in [-0.1, -0.05) is 44.7 Å². The fourth-order valence-electron chi connectivity index (χ4n) is 3.14. The molecule has 0 aliphatic carbocycles. The molecule has 1 aromatic rings. The first-order chi connectivity index (χ1) is 10.6. The normalized spacial score (nSPS) is 25.5. The molecule has 1 heterocycles. The van der Waals surface area contributed by atoms with E-state index >= 15 is 0 Å². The number of ether oxygens (including phenoxy) is 1. The molecule has 1 unspecified atom stereocenters. The average molecular weight is 307 g/mol. The molecule has 1 aliphatic rings. The van der Waals surface area contributed by atoms with Crippen LogP contribution >= 0.6 is 0 Å². The smallest absolute Gasteiger partial charge is 0.198 e. The van der Waals surface area contributed by atoms with Gasteiger partial charge < -0.3 is 9.64 Å². The van der Waals surface area contributed by atoms with E-state index in [9.17, 15) is 4.39 Å². The number of halogens is 1. The predicted molar refractivity (Wildman–Crippen MR) is 91.2 cm³/mol. The minimum Gasteiger partial charge on any atom is -0.369 e. The van der Waals surface area contributed by atoms with E-state index in [1.165, 1.54) is 37.7 Å². The quantitative estimate of drug-likeness (QED) is 0.513. The Kier molecular flexibility index (Phi) is 6.69. The summed E-state index contributed by atoms with van der Waals surface area (Å²) in [6.07, 6.45) is 6.27. The summed E-state index contributed by atoms with van der Waals surface area (Å²) in [5.41, 5.74) is 2.31. The Bertz CT molecular complexity index is 434. The third-order valence-electron chi connectivity index (χ3n) is 4.42. The van der Waals surface area contributed by atoms with Gasteiger partial charge in [0.25, 0.3) is 0 Å². The number of anilines is 1. The highest BCUT2D eigenvalue weighted by atomic mass is 19.1. The van der Waals surface area contributed by atoms with E-state index in [1.807, 2.05) is 11.8 Å². The maximum Gasteiger partial charge on any atom is 0.198 e. The second kappa shape index (κ2) is 8.52. The first-order valence-electron chi connectivity index (χ1n) is 8.77. The average Bonchev–Trinajstić information content (AvgIpc) is 2.51. The second-order valence-electron chi connectivity index (χ2n) is 6.51. The van der Waals surface area contributed by atoms with Crippen LogP contribution in [0.1, 0.15) is 58.4 Å². The van der Waals surface area contributed by atoms with Gasteiger partial charge in [0, 0.05) is 12.2 Å². The van der Waals surface area contributed by atoms with Crippen molar-refractivity contribution in [3.05, 3.63) is 29.8 Å². The molecule has 22 heavy (non-hydrogen) atoms. The van der Waals surface area contributed by atoms with Crippen molar-refractivity contribution in [1.82, 2.24) is 0 Å². The first-order valence-corrected chi connectivity index (χ1v) is 8.77. The number of unbranched alkanes of at least 4 members (excludes halogenated alkanes) is 4. The molecule has 3 atom stereocenters. The molecular weight excluding hydrogens is 277 g/mol. The lowest BCUT2D eigenvalue weighted by molar-refractivity contribution is -0.0614. The summed E-state index contributed by atoms with van der Waals surface area (Å²) >= 11 is 0. The Morgan fingerprint density at radius 1 is 1.09 bits per heavy atom. The summed E-state index contributed by atoms with van der Waals surface area (Å²) in [4.78, 5) is 1.82. The zero-order valence-electron chi connectivity index (χ0n) is 14.2. The fourth-order valence-corrected chi connectivity index (χ4v) is 3.14. The molecule has 0 radical (unpaired) electrons. The number of morpholine rings is 1. The third-order valence-corrected chi connectivity index (χ3v) is 4.42. The Hall–Kier alpha value is -1.09. The van der Waals surface area contributed by atoms with E-state index in [0.717, 1.165) is 12.1 Å². The predicted octanol–water partition coefficient (Wildman–Crippen LogP) is 5.11. The number of rotatable bonds is 7. The van der Waals surface area contributed by atoms with Gasteiger partial charge in [0.2, 0.25) is 0 Å². The van der Waals surface area contributed by atoms with Crippen LogP contribution in [0.4, 0.5) is 10.1 Å². The summed E-state index contributed by atoms with van der Waals surface area (Å²) in [6.45, 7) is 6.66. The van der Waals surface area contributed by atoms with Crippen molar-refractivity contribution in [2.75, 3.05) is 11.4 Å². The topological polar surface area (TPSA) is 12.5 Å². The van der Waals surface area contributed by atoms with Gasteiger partial charge >= 0.3 is 0 Å². The largest absolute Gasteiger partial charge is 0.369 e. The highest BCUT2D eigenvalue weighted by Gasteiger charge is 2.32.